The third-order valence-corrected chi connectivity index (χ3v) is 7.08. The quantitative estimate of drug-likeness (QED) is 0.355. The highest BCUT2D eigenvalue weighted by molar-refractivity contribution is 6.02. The van der Waals surface area contributed by atoms with Crippen LogP contribution in [-0.4, -0.2) is 71.8 Å². The number of carbonyl (C=O) groups excluding carboxylic acids is 3. The number of amides is 2. The highest BCUT2D eigenvalue weighted by Crippen LogP contribution is 2.26. The number of hydroxylamine groups is 2. The van der Waals surface area contributed by atoms with Crippen molar-refractivity contribution in [2.75, 3.05) is 18.4 Å². The van der Waals surface area contributed by atoms with E-state index in [1.54, 1.807) is 26.2 Å². The Morgan fingerprint density at radius 1 is 1.21 bits per heavy atom. The second-order valence-electron chi connectivity index (χ2n) is 10.1. The molecule has 0 bridgehead atoms. The SMILES string of the molecule is C=CCc1ccc2ncc(-c3nccc(N[C@@H]4CCCN(C(C)(C)C(=O)ON5C(=O)CCC5=O)C4)n3)n2c1. The molecule has 1 atom stereocenters. The van der Waals surface area contributed by atoms with Crippen molar-refractivity contribution in [1.29, 1.82) is 0 Å². The number of nitrogens with one attached hydrogen (secondary N) is 1. The lowest BCUT2D eigenvalue weighted by atomic mass is 9.96. The van der Waals surface area contributed by atoms with E-state index in [2.05, 4.69) is 21.9 Å². The van der Waals surface area contributed by atoms with Crippen LogP contribution in [0.5, 0.6) is 0 Å². The first kappa shape index (κ1) is 25.5. The number of nitrogens with zero attached hydrogens (tertiary/aromatic N) is 6. The fourth-order valence-corrected chi connectivity index (χ4v) is 4.83. The first-order valence-electron chi connectivity index (χ1n) is 12.8. The molecule has 3 aromatic heterocycles. The van der Waals surface area contributed by atoms with E-state index < -0.39 is 23.3 Å². The fraction of sp³-hybridized carbons (Fsp3) is 0.407. The summed E-state index contributed by atoms with van der Waals surface area (Å²) in [7, 11) is 0. The Morgan fingerprint density at radius 2 is 2.00 bits per heavy atom. The van der Waals surface area contributed by atoms with Crippen LogP contribution in [-0.2, 0) is 25.6 Å². The Bertz CT molecular complexity index is 1380. The van der Waals surface area contributed by atoms with E-state index in [0.29, 0.717) is 29.8 Å². The summed E-state index contributed by atoms with van der Waals surface area (Å²) in [5, 5.41) is 4.09. The Morgan fingerprint density at radius 3 is 2.76 bits per heavy atom. The van der Waals surface area contributed by atoms with Crippen LogP contribution >= 0.6 is 0 Å². The molecule has 38 heavy (non-hydrogen) atoms. The molecule has 2 saturated heterocycles. The molecule has 0 saturated carbocycles. The molecule has 11 nitrogen and oxygen atoms in total. The van der Waals surface area contributed by atoms with Gasteiger partial charge in [0.25, 0.3) is 11.8 Å². The van der Waals surface area contributed by atoms with Crippen LogP contribution in [0.4, 0.5) is 5.82 Å². The van der Waals surface area contributed by atoms with Crippen LogP contribution in [0.3, 0.4) is 0 Å². The maximum atomic E-state index is 13.0. The van der Waals surface area contributed by atoms with Gasteiger partial charge in [-0.2, -0.15) is 0 Å². The van der Waals surface area contributed by atoms with Crippen LogP contribution in [0.15, 0.2) is 49.4 Å². The van der Waals surface area contributed by atoms with E-state index in [1.807, 2.05) is 39.8 Å². The molecule has 2 aliphatic heterocycles. The summed E-state index contributed by atoms with van der Waals surface area (Å²) in [6, 6.07) is 5.83. The number of imide groups is 1. The molecule has 0 unspecified atom stereocenters. The van der Waals surface area contributed by atoms with Crippen LogP contribution in [0, 0.1) is 0 Å². The van der Waals surface area contributed by atoms with Crippen molar-refractivity contribution >= 4 is 29.2 Å². The normalized spacial score (nSPS) is 18.7. The Balaban J connectivity index is 1.29. The number of rotatable bonds is 8. The van der Waals surface area contributed by atoms with Gasteiger partial charge in [0.15, 0.2) is 5.82 Å². The molecule has 0 radical (unpaired) electrons. The average Bonchev–Trinajstić information content (AvgIpc) is 3.47. The zero-order chi connectivity index (χ0) is 26.9. The van der Waals surface area contributed by atoms with Crippen molar-refractivity contribution in [1.82, 2.24) is 29.3 Å². The largest absolute Gasteiger partial charge is 0.366 e. The summed E-state index contributed by atoms with van der Waals surface area (Å²) in [5.41, 5.74) is 1.68. The summed E-state index contributed by atoms with van der Waals surface area (Å²) >= 11 is 0. The standard InChI is InChI=1S/C27H31N7O4/c1-4-6-18-8-9-22-29-15-20(33(22)16-18)25-28-13-12-21(31-25)30-19-7-5-14-32(17-19)27(2,3)26(37)38-34-23(35)10-11-24(34)36/h4,8-9,12-13,15-16,19H,1,5-7,10-11,14,17H2,2-3H3,(H,28,30,31)/t19-/m1/s1. The third-order valence-electron chi connectivity index (χ3n) is 7.08. The number of anilines is 1. The number of pyridine rings is 1. The van der Waals surface area contributed by atoms with Gasteiger partial charge < -0.3 is 10.2 Å². The zero-order valence-corrected chi connectivity index (χ0v) is 21.6. The molecule has 0 spiro atoms. The molecule has 2 amide bonds. The lowest BCUT2D eigenvalue weighted by Crippen LogP contribution is -2.57. The highest BCUT2D eigenvalue weighted by atomic mass is 16.7. The molecule has 3 aromatic rings. The van der Waals surface area contributed by atoms with E-state index in [1.165, 1.54) is 0 Å². The van der Waals surface area contributed by atoms with Gasteiger partial charge in [0, 0.05) is 37.8 Å². The van der Waals surface area contributed by atoms with Gasteiger partial charge in [-0.1, -0.05) is 12.1 Å². The second-order valence-corrected chi connectivity index (χ2v) is 10.1. The molecule has 0 aromatic carbocycles. The summed E-state index contributed by atoms with van der Waals surface area (Å²) < 4.78 is 1.98. The number of imidazole rings is 1. The number of hydrogen-bond acceptors (Lipinski definition) is 9. The molecule has 1 N–H and O–H groups in total. The van der Waals surface area contributed by atoms with Crippen molar-refractivity contribution < 1.29 is 19.2 Å². The van der Waals surface area contributed by atoms with Crippen LogP contribution in [0.2, 0.25) is 0 Å². The van der Waals surface area contributed by atoms with E-state index >= 15 is 0 Å². The van der Waals surface area contributed by atoms with Crippen LogP contribution < -0.4 is 5.32 Å². The Kier molecular flexibility index (Phi) is 6.94. The average molecular weight is 518 g/mol. The van der Waals surface area contributed by atoms with Crippen molar-refractivity contribution in [3.05, 3.63) is 55.0 Å². The molecular formula is C27H31N7O4. The number of piperidine rings is 1. The lowest BCUT2D eigenvalue weighted by Gasteiger charge is -2.42. The van der Waals surface area contributed by atoms with E-state index in [4.69, 9.17) is 9.82 Å². The van der Waals surface area contributed by atoms with Crippen LogP contribution in [0.25, 0.3) is 17.2 Å². The lowest BCUT2D eigenvalue weighted by molar-refractivity contribution is -0.205. The minimum atomic E-state index is -1.03. The van der Waals surface area contributed by atoms with E-state index in [9.17, 15) is 14.4 Å². The number of likely N-dealkylation sites (tertiary alicyclic amines) is 1. The van der Waals surface area contributed by atoms with Crippen molar-refractivity contribution in [2.45, 2.75) is 57.5 Å². The zero-order valence-electron chi connectivity index (χ0n) is 21.6. The van der Waals surface area contributed by atoms with Gasteiger partial charge in [-0.25, -0.2) is 19.7 Å². The predicted octanol–water partition coefficient (Wildman–Crippen LogP) is 2.78. The smallest absolute Gasteiger partial charge is 0.352 e. The number of allylic oxidation sites excluding steroid dienone is 1. The number of aromatic nitrogens is 4. The number of hydrogen-bond donors (Lipinski definition) is 1. The fourth-order valence-electron chi connectivity index (χ4n) is 4.83. The van der Waals surface area contributed by atoms with Gasteiger partial charge >= 0.3 is 5.97 Å². The van der Waals surface area contributed by atoms with Gasteiger partial charge in [-0.15, -0.1) is 11.6 Å². The van der Waals surface area contributed by atoms with Crippen molar-refractivity contribution in [3.63, 3.8) is 0 Å². The molecular weight excluding hydrogens is 486 g/mol. The van der Waals surface area contributed by atoms with Gasteiger partial charge in [0.1, 0.15) is 22.7 Å². The van der Waals surface area contributed by atoms with Gasteiger partial charge in [0.2, 0.25) is 0 Å². The van der Waals surface area contributed by atoms with E-state index in [-0.39, 0.29) is 18.9 Å². The summed E-state index contributed by atoms with van der Waals surface area (Å²) in [5.74, 6) is -0.378. The molecule has 198 valence electrons. The van der Waals surface area contributed by atoms with Crippen molar-refractivity contribution in [2.24, 2.45) is 0 Å². The molecule has 5 rings (SSSR count). The Hall–Kier alpha value is -4.12. The number of fused-ring (bicyclic) bond motifs is 1. The first-order chi connectivity index (χ1) is 18.3. The second kappa shape index (κ2) is 10.3. The highest BCUT2D eigenvalue weighted by Gasteiger charge is 2.42. The minimum Gasteiger partial charge on any atom is -0.366 e. The summed E-state index contributed by atoms with van der Waals surface area (Å²) in [4.78, 5) is 57.7. The van der Waals surface area contributed by atoms with Gasteiger partial charge in [0.05, 0.1) is 6.20 Å². The minimum absolute atomic E-state index is 0.0232. The van der Waals surface area contributed by atoms with E-state index in [0.717, 1.165) is 36.2 Å². The third kappa shape index (κ3) is 5.01. The maximum absolute atomic E-state index is 13.0. The number of carbonyl (C=O) groups is 3. The summed E-state index contributed by atoms with van der Waals surface area (Å²) in [6.45, 7) is 8.55. The molecule has 5 heterocycles. The van der Waals surface area contributed by atoms with Crippen LogP contribution in [0.1, 0.15) is 45.1 Å². The van der Waals surface area contributed by atoms with Crippen molar-refractivity contribution in [3.8, 4) is 11.5 Å². The van der Waals surface area contributed by atoms with Gasteiger partial charge in [-0.05, 0) is 57.4 Å². The first-order valence-corrected chi connectivity index (χ1v) is 12.8. The predicted molar refractivity (Wildman–Crippen MR) is 140 cm³/mol. The topological polar surface area (TPSA) is 122 Å². The van der Waals surface area contributed by atoms with Gasteiger partial charge in [-0.3, -0.25) is 18.9 Å². The molecule has 2 fully saturated rings. The monoisotopic (exact) mass is 517 g/mol. The summed E-state index contributed by atoms with van der Waals surface area (Å²) in [6.07, 6.45) is 9.98. The molecule has 0 aliphatic carbocycles. The molecule has 11 heteroatoms. The Labute approximate surface area is 220 Å². The maximum Gasteiger partial charge on any atom is 0.352 e. The molecule has 2 aliphatic rings.